The zero-order valence-electron chi connectivity index (χ0n) is 12.1. The Morgan fingerprint density at radius 1 is 1.14 bits per heavy atom. The molecule has 1 N–H and O–H groups in total. The van der Waals surface area contributed by atoms with Crippen LogP contribution >= 0.6 is 0 Å². The van der Waals surface area contributed by atoms with E-state index >= 15 is 0 Å². The molecule has 0 atom stereocenters. The summed E-state index contributed by atoms with van der Waals surface area (Å²) < 4.78 is 5.05. The summed E-state index contributed by atoms with van der Waals surface area (Å²) in [6.45, 7) is 2.13. The highest BCUT2D eigenvalue weighted by Gasteiger charge is 2.10. The predicted octanol–water partition coefficient (Wildman–Crippen LogP) is 3.78. The van der Waals surface area contributed by atoms with Crippen LogP contribution in [0.5, 0.6) is 5.75 Å². The number of pyridine rings is 1. The SMILES string of the molecule is CCOC(=O)c1ccc2cncc(-c3ccc(O)cc3)c2c1. The molecule has 0 saturated carbocycles. The van der Waals surface area contributed by atoms with Gasteiger partial charge in [0.05, 0.1) is 12.2 Å². The number of benzene rings is 2. The molecule has 1 heterocycles. The number of esters is 1. The first-order valence-corrected chi connectivity index (χ1v) is 7.03. The van der Waals surface area contributed by atoms with Crippen LogP contribution in [0.3, 0.4) is 0 Å². The molecule has 2 aromatic carbocycles. The summed E-state index contributed by atoms with van der Waals surface area (Å²) in [4.78, 5) is 16.2. The van der Waals surface area contributed by atoms with E-state index in [-0.39, 0.29) is 11.7 Å². The Bertz CT molecular complexity index is 825. The van der Waals surface area contributed by atoms with Crippen molar-refractivity contribution in [2.24, 2.45) is 0 Å². The van der Waals surface area contributed by atoms with Crippen LogP contribution in [0.2, 0.25) is 0 Å². The van der Waals surface area contributed by atoms with Crippen LogP contribution in [0.25, 0.3) is 21.9 Å². The standard InChI is InChI=1S/C18H15NO3/c1-2-22-18(21)13-3-4-14-10-19-11-17(16(14)9-13)12-5-7-15(20)8-6-12/h3-11,20H,2H2,1H3. The van der Waals surface area contributed by atoms with Crippen molar-refractivity contribution < 1.29 is 14.6 Å². The molecule has 0 unspecified atom stereocenters. The molecule has 0 aliphatic rings. The molecule has 4 heteroatoms. The molecule has 0 amide bonds. The number of carbonyl (C=O) groups excluding carboxylic acids is 1. The largest absolute Gasteiger partial charge is 0.508 e. The molecular formula is C18H15NO3. The van der Waals surface area contributed by atoms with Crippen LogP contribution < -0.4 is 0 Å². The van der Waals surface area contributed by atoms with Crippen molar-refractivity contribution in [1.29, 1.82) is 0 Å². The highest BCUT2D eigenvalue weighted by Crippen LogP contribution is 2.29. The highest BCUT2D eigenvalue weighted by atomic mass is 16.5. The molecule has 0 spiro atoms. The van der Waals surface area contributed by atoms with Crippen molar-refractivity contribution in [1.82, 2.24) is 4.98 Å². The van der Waals surface area contributed by atoms with Gasteiger partial charge in [0, 0.05) is 23.3 Å². The number of phenols is 1. The molecule has 4 nitrogen and oxygen atoms in total. The van der Waals surface area contributed by atoms with Crippen LogP contribution in [0.15, 0.2) is 54.9 Å². The summed E-state index contributed by atoms with van der Waals surface area (Å²) >= 11 is 0. The van der Waals surface area contributed by atoms with Crippen LogP contribution in [-0.2, 0) is 4.74 Å². The van der Waals surface area contributed by atoms with E-state index in [1.165, 1.54) is 0 Å². The Balaban J connectivity index is 2.15. The van der Waals surface area contributed by atoms with Gasteiger partial charge in [0.15, 0.2) is 0 Å². The molecule has 22 heavy (non-hydrogen) atoms. The summed E-state index contributed by atoms with van der Waals surface area (Å²) in [5.41, 5.74) is 2.35. The van der Waals surface area contributed by atoms with E-state index in [0.717, 1.165) is 21.9 Å². The van der Waals surface area contributed by atoms with Crippen LogP contribution in [0.1, 0.15) is 17.3 Å². The number of hydrogen-bond acceptors (Lipinski definition) is 4. The first-order chi connectivity index (χ1) is 10.7. The zero-order chi connectivity index (χ0) is 15.5. The highest BCUT2D eigenvalue weighted by molar-refractivity contribution is 6.01. The number of aromatic nitrogens is 1. The van der Waals surface area contributed by atoms with Gasteiger partial charge in [-0.15, -0.1) is 0 Å². The second kappa shape index (κ2) is 5.85. The number of hydrogen-bond donors (Lipinski definition) is 1. The van der Waals surface area contributed by atoms with Crippen LogP contribution in [-0.4, -0.2) is 22.7 Å². The fraction of sp³-hybridized carbons (Fsp3) is 0.111. The van der Waals surface area contributed by atoms with Gasteiger partial charge < -0.3 is 9.84 Å². The van der Waals surface area contributed by atoms with Crippen molar-refractivity contribution in [3.63, 3.8) is 0 Å². The molecular weight excluding hydrogens is 278 g/mol. The topological polar surface area (TPSA) is 59.4 Å². The van der Waals surface area contributed by atoms with Gasteiger partial charge in [-0.3, -0.25) is 4.98 Å². The summed E-state index contributed by atoms with van der Waals surface area (Å²) in [5.74, 6) is -0.123. The van der Waals surface area contributed by atoms with E-state index in [4.69, 9.17) is 4.74 Å². The maximum absolute atomic E-state index is 11.9. The Hall–Kier alpha value is -2.88. The van der Waals surface area contributed by atoms with Gasteiger partial charge in [-0.1, -0.05) is 18.2 Å². The van der Waals surface area contributed by atoms with E-state index in [1.54, 1.807) is 37.5 Å². The number of carbonyl (C=O) groups is 1. The van der Waals surface area contributed by atoms with E-state index in [0.29, 0.717) is 12.2 Å². The lowest BCUT2D eigenvalue weighted by atomic mass is 9.99. The van der Waals surface area contributed by atoms with Gasteiger partial charge in [0.2, 0.25) is 0 Å². The maximum Gasteiger partial charge on any atom is 0.338 e. The lowest BCUT2D eigenvalue weighted by Crippen LogP contribution is -2.04. The third-order valence-corrected chi connectivity index (χ3v) is 3.45. The lowest BCUT2D eigenvalue weighted by molar-refractivity contribution is 0.0526. The van der Waals surface area contributed by atoms with Crippen molar-refractivity contribution in [3.05, 3.63) is 60.4 Å². The lowest BCUT2D eigenvalue weighted by Gasteiger charge is -2.08. The fourth-order valence-electron chi connectivity index (χ4n) is 2.38. The minimum Gasteiger partial charge on any atom is -0.508 e. The van der Waals surface area contributed by atoms with Crippen molar-refractivity contribution >= 4 is 16.7 Å². The molecule has 0 aliphatic carbocycles. The monoisotopic (exact) mass is 293 g/mol. The average molecular weight is 293 g/mol. The molecule has 110 valence electrons. The molecule has 0 radical (unpaired) electrons. The summed E-state index contributed by atoms with van der Waals surface area (Å²) in [7, 11) is 0. The summed E-state index contributed by atoms with van der Waals surface area (Å²) in [6, 6.07) is 12.3. The first-order valence-electron chi connectivity index (χ1n) is 7.03. The number of phenolic OH excluding ortho intramolecular Hbond substituents is 1. The Morgan fingerprint density at radius 3 is 2.64 bits per heavy atom. The number of aromatic hydroxyl groups is 1. The molecule has 0 bridgehead atoms. The van der Waals surface area contributed by atoms with Gasteiger partial charge >= 0.3 is 5.97 Å². The van der Waals surface area contributed by atoms with Gasteiger partial charge in [-0.05, 0) is 42.1 Å². The smallest absolute Gasteiger partial charge is 0.338 e. The second-order valence-electron chi connectivity index (χ2n) is 4.89. The Labute approximate surface area is 128 Å². The Morgan fingerprint density at radius 2 is 1.91 bits per heavy atom. The molecule has 0 aliphatic heterocycles. The van der Waals surface area contributed by atoms with Gasteiger partial charge in [-0.2, -0.15) is 0 Å². The van der Waals surface area contributed by atoms with E-state index in [2.05, 4.69) is 4.98 Å². The molecule has 3 aromatic rings. The third kappa shape index (κ3) is 2.63. The van der Waals surface area contributed by atoms with Crippen molar-refractivity contribution in [2.75, 3.05) is 6.61 Å². The number of fused-ring (bicyclic) bond motifs is 1. The van der Waals surface area contributed by atoms with E-state index in [9.17, 15) is 9.90 Å². The number of rotatable bonds is 3. The maximum atomic E-state index is 11.9. The van der Waals surface area contributed by atoms with Crippen LogP contribution in [0, 0.1) is 0 Å². The quantitative estimate of drug-likeness (QED) is 0.746. The molecule has 0 saturated heterocycles. The number of ether oxygens (including phenoxy) is 1. The first kappa shape index (κ1) is 14.1. The summed E-state index contributed by atoms with van der Waals surface area (Å²) in [6.07, 6.45) is 3.51. The minimum absolute atomic E-state index is 0.212. The fourth-order valence-corrected chi connectivity index (χ4v) is 2.38. The van der Waals surface area contributed by atoms with Crippen molar-refractivity contribution in [2.45, 2.75) is 6.92 Å². The van der Waals surface area contributed by atoms with Gasteiger partial charge in [0.25, 0.3) is 0 Å². The van der Waals surface area contributed by atoms with Gasteiger partial charge in [0.1, 0.15) is 5.75 Å². The van der Waals surface area contributed by atoms with E-state index in [1.807, 2.05) is 24.3 Å². The molecule has 3 rings (SSSR count). The second-order valence-corrected chi connectivity index (χ2v) is 4.89. The predicted molar refractivity (Wildman–Crippen MR) is 84.8 cm³/mol. The third-order valence-electron chi connectivity index (χ3n) is 3.45. The summed E-state index contributed by atoms with van der Waals surface area (Å²) in [5, 5.41) is 11.3. The molecule has 0 fully saturated rings. The van der Waals surface area contributed by atoms with E-state index < -0.39 is 0 Å². The minimum atomic E-state index is -0.335. The van der Waals surface area contributed by atoms with Crippen molar-refractivity contribution in [3.8, 4) is 16.9 Å². The normalized spacial score (nSPS) is 10.6. The van der Waals surface area contributed by atoms with Gasteiger partial charge in [-0.25, -0.2) is 4.79 Å². The molecule has 1 aromatic heterocycles. The van der Waals surface area contributed by atoms with Crippen LogP contribution in [0.4, 0.5) is 0 Å². The zero-order valence-corrected chi connectivity index (χ0v) is 12.1. The Kier molecular flexibility index (Phi) is 3.74. The number of nitrogens with zero attached hydrogens (tertiary/aromatic N) is 1. The average Bonchev–Trinajstić information content (AvgIpc) is 2.55.